The van der Waals surface area contributed by atoms with Crippen LogP contribution in [-0.2, 0) is 0 Å². The van der Waals surface area contributed by atoms with Gasteiger partial charge < -0.3 is 5.21 Å². The highest BCUT2D eigenvalue weighted by Crippen LogP contribution is 1.88. The molecule has 1 aromatic rings. The lowest BCUT2D eigenvalue weighted by Gasteiger charge is -1.91. The molecule has 0 bridgehead atoms. The van der Waals surface area contributed by atoms with Gasteiger partial charge in [-0.25, -0.2) is 0 Å². The molecule has 0 unspecified atom stereocenters. The Balaban J connectivity index is 3.06. The Morgan fingerprint density at radius 3 is 2.44 bits per heavy atom. The summed E-state index contributed by atoms with van der Waals surface area (Å²) in [5.41, 5.74) is 0.724. The lowest BCUT2D eigenvalue weighted by Crippen LogP contribution is -2.23. The quantitative estimate of drug-likeness (QED) is 0.274. The first-order valence-electron chi connectivity index (χ1n) is 2.48. The molecule has 0 saturated heterocycles. The van der Waals surface area contributed by atoms with E-state index in [9.17, 15) is 5.21 Å². The number of nitrogens with zero attached hydrogens (tertiary/aromatic N) is 1. The summed E-state index contributed by atoms with van der Waals surface area (Å²) < 4.78 is 0.695. The Morgan fingerprint density at radius 1 is 1.44 bits per heavy atom. The Bertz CT molecular complexity index is 232. The molecule has 0 aromatic carbocycles. The minimum Gasteiger partial charge on any atom is -0.619 e. The maximum atomic E-state index is 10.4. The zero-order valence-electron chi connectivity index (χ0n) is 4.74. The lowest BCUT2D eigenvalue weighted by atomic mass is 10.3. The van der Waals surface area contributed by atoms with Crippen LogP contribution in [0.25, 0.3) is 0 Å². The summed E-state index contributed by atoms with van der Waals surface area (Å²) in [5, 5.41) is 10.4. The summed E-state index contributed by atoms with van der Waals surface area (Å²) in [4.78, 5) is 0. The Morgan fingerprint density at radius 2 is 2.00 bits per heavy atom. The predicted molar refractivity (Wildman–Crippen MR) is 33.3 cm³/mol. The fourth-order valence-corrected chi connectivity index (χ4v) is 0.509. The van der Waals surface area contributed by atoms with Gasteiger partial charge >= 0.3 is 0 Å². The van der Waals surface area contributed by atoms with Crippen LogP contribution in [0.4, 0.5) is 0 Å². The highest BCUT2D eigenvalue weighted by Gasteiger charge is 1.86. The Kier molecular flexibility index (Phi) is 1.37. The fraction of sp³-hybridized carbons (Fsp3) is 0. The average molecular weight is 119 g/mol. The molecule has 44 valence electrons. The largest absolute Gasteiger partial charge is 0.619 e. The summed E-state index contributed by atoms with van der Waals surface area (Å²) in [6.07, 6.45) is 7.78. The van der Waals surface area contributed by atoms with E-state index in [0.717, 1.165) is 5.56 Å². The van der Waals surface area contributed by atoms with E-state index in [-0.39, 0.29) is 0 Å². The highest BCUT2D eigenvalue weighted by molar-refractivity contribution is 5.27. The van der Waals surface area contributed by atoms with E-state index < -0.39 is 0 Å². The van der Waals surface area contributed by atoms with E-state index >= 15 is 0 Å². The molecular formula is C7H5NO. The first kappa shape index (κ1) is 5.64. The maximum Gasteiger partial charge on any atom is 0.181 e. The van der Waals surface area contributed by atoms with Crippen LogP contribution in [0.15, 0.2) is 24.5 Å². The van der Waals surface area contributed by atoms with Crippen LogP contribution in [0, 0.1) is 17.6 Å². The molecule has 2 nitrogen and oxygen atoms in total. The SMILES string of the molecule is C#Cc1cc[n+]([O-])cc1. The van der Waals surface area contributed by atoms with Crippen molar-refractivity contribution in [2.24, 2.45) is 0 Å². The molecule has 0 spiro atoms. The van der Waals surface area contributed by atoms with E-state index in [2.05, 4.69) is 5.92 Å². The zero-order valence-corrected chi connectivity index (χ0v) is 4.74. The third kappa shape index (κ3) is 1.20. The van der Waals surface area contributed by atoms with Crippen LogP contribution in [-0.4, -0.2) is 0 Å². The topological polar surface area (TPSA) is 26.9 Å². The second-order valence-corrected chi connectivity index (χ2v) is 1.59. The Hall–Kier alpha value is -1.49. The molecule has 0 aliphatic heterocycles. The monoisotopic (exact) mass is 119 g/mol. The predicted octanol–water partition coefficient (Wildman–Crippen LogP) is 0.301. The van der Waals surface area contributed by atoms with Gasteiger partial charge in [0.25, 0.3) is 0 Å². The summed E-state index contributed by atoms with van der Waals surface area (Å²) in [7, 11) is 0. The number of hydrogen-bond donors (Lipinski definition) is 0. The van der Waals surface area contributed by atoms with Crippen molar-refractivity contribution in [3.8, 4) is 12.3 Å². The maximum absolute atomic E-state index is 10.4. The third-order valence-electron chi connectivity index (χ3n) is 0.969. The van der Waals surface area contributed by atoms with Gasteiger partial charge in [0.15, 0.2) is 12.4 Å². The van der Waals surface area contributed by atoms with Crippen molar-refractivity contribution in [2.75, 3.05) is 0 Å². The minimum absolute atomic E-state index is 0.695. The van der Waals surface area contributed by atoms with Crippen LogP contribution in [0.2, 0.25) is 0 Å². The number of rotatable bonds is 0. The number of aromatic nitrogens is 1. The molecular weight excluding hydrogens is 114 g/mol. The first-order valence-corrected chi connectivity index (χ1v) is 2.48. The van der Waals surface area contributed by atoms with Gasteiger partial charge in [0.05, 0.1) is 0 Å². The standard InChI is InChI=1S/C7H5NO/c1-2-7-3-5-8(9)6-4-7/h1,3-6H. The van der Waals surface area contributed by atoms with Crippen molar-refractivity contribution in [1.29, 1.82) is 0 Å². The fourth-order valence-electron chi connectivity index (χ4n) is 0.509. The minimum atomic E-state index is 0.695. The number of pyridine rings is 1. The van der Waals surface area contributed by atoms with Crippen molar-refractivity contribution in [3.63, 3.8) is 0 Å². The van der Waals surface area contributed by atoms with E-state index in [1.54, 1.807) is 12.1 Å². The van der Waals surface area contributed by atoms with Gasteiger partial charge in [-0.05, 0) is 0 Å². The van der Waals surface area contributed by atoms with Gasteiger partial charge in [-0.2, -0.15) is 4.73 Å². The molecule has 0 aliphatic carbocycles. The normalized spacial score (nSPS) is 8.33. The molecule has 0 atom stereocenters. The molecule has 0 saturated carbocycles. The second kappa shape index (κ2) is 2.19. The summed E-state index contributed by atoms with van der Waals surface area (Å²) >= 11 is 0. The van der Waals surface area contributed by atoms with Gasteiger partial charge in [-0.3, -0.25) is 0 Å². The van der Waals surface area contributed by atoms with Crippen LogP contribution in [0.3, 0.4) is 0 Å². The van der Waals surface area contributed by atoms with Crippen molar-refractivity contribution < 1.29 is 4.73 Å². The van der Waals surface area contributed by atoms with Gasteiger partial charge in [0.1, 0.15) is 0 Å². The van der Waals surface area contributed by atoms with Gasteiger partial charge in [0, 0.05) is 17.7 Å². The van der Waals surface area contributed by atoms with Crippen molar-refractivity contribution >= 4 is 0 Å². The molecule has 0 radical (unpaired) electrons. The number of hydrogen-bond acceptors (Lipinski definition) is 1. The van der Waals surface area contributed by atoms with Crippen molar-refractivity contribution in [3.05, 3.63) is 35.3 Å². The van der Waals surface area contributed by atoms with Gasteiger partial charge in [0.2, 0.25) is 0 Å². The first-order chi connectivity index (χ1) is 4.33. The summed E-state index contributed by atoms with van der Waals surface area (Å²) in [6, 6.07) is 3.18. The summed E-state index contributed by atoms with van der Waals surface area (Å²) in [5.74, 6) is 2.40. The molecule has 0 N–H and O–H groups in total. The molecule has 9 heavy (non-hydrogen) atoms. The smallest absolute Gasteiger partial charge is 0.181 e. The number of terminal acetylenes is 1. The molecule has 1 aromatic heterocycles. The van der Waals surface area contributed by atoms with E-state index in [1.165, 1.54) is 12.4 Å². The van der Waals surface area contributed by atoms with E-state index in [0.29, 0.717) is 4.73 Å². The van der Waals surface area contributed by atoms with Crippen molar-refractivity contribution in [2.45, 2.75) is 0 Å². The molecule has 1 heterocycles. The third-order valence-corrected chi connectivity index (χ3v) is 0.969. The van der Waals surface area contributed by atoms with E-state index in [1.807, 2.05) is 0 Å². The van der Waals surface area contributed by atoms with Crippen LogP contribution in [0.1, 0.15) is 5.56 Å². The lowest BCUT2D eigenvalue weighted by molar-refractivity contribution is -0.605. The van der Waals surface area contributed by atoms with Crippen molar-refractivity contribution in [1.82, 2.24) is 0 Å². The second-order valence-electron chi connectivity index (χ2n) is 1.59. The molecule has 0 amide bonds. The molecule has 1 rings (SSSR count). The van der Waals surface area contributed by atoms with Gasteiger partial charge in [-0.1, -0.05) is 5.92 Å². The highest BCUT2D eigenvalue weighted by atomic mass is 16.5. The zero-order chi connectivity index (χ0) is 6.69. The summed E-state index contributed by atoms with van der Waals surface area (Å²) in [6.45, 7) is 0. The molecule has 2 heteroatoms. The molecule has 0 fully saturated rings. The van der Waals surface area contributed by atoms with Crippen LogP contribution in [0.5, 0.6) is 0 Å². The van der Waals surface area contributed by atoms with Gasteiger partial charge in [-0.15, -0.1) is 6.42 Å². The van der Waals surface area contributed by atoms with E-state index in [4.69, 9.17) is 6.42 Å². The van der Waals surface area contributed by atoms with Crippen LogP contribution < -0.4 is 4.73 Å². The van der Waals surface area contributed by atoms with Crippen LogP contribution >= 0.6 is 0 Å². The Labute approximate surface area is 53.3 Å². The average Bonchev–Trinajstić information content (AvgIpc) is 1.90. The molecule has 0 aliphatic rings.